The van der Waals surface area contributed by atoms with Crippen molar-refractivity contribution in [3.05, 3.63) is 29.8 Å². The van der Waals surface area contributed by atoms with Gasteiger partial charge in [-0.2, -0.15) is 0 Å². The molecular formula is C17H27N3O2. The second-order valence-electron chi connectivity index (χ2n) is 5.86. The van der Waals surface area contributed by atoms with Crippen LogP contribution < -0.4 is 10.1 Å². The van der Waals surface area contributed by atoms with Crippen molar-refractivity contribution in [3.8, 4) is 5.75 Å². The summed E-state index contributed by atoms with van der Waals surface area (Å²) in [6.45, 7) is 9.68. The first-order valence-corrected chi connectivity index (χ1v) is 8.03. The lowest BCUT2D eigenvalue weighted by atomic mass is 10.2. The van der Waals surface area contributed by atoms with Gasteiger partial charge in [0.15, 0.2) is 0 Å². The van der Waals surface area contributed by atoms with Crippen molar-refractivity contribution < 1.29 is 9.53 Å². The van der Waals surface area contributed by atoms with Gasteiger partial charge in [-0.1, -0.05) is 6.07 Å². The van der Waals surface area contributed by atoms with Crippen LogP contribution in [0.25, 0.3) is 0 Å². The van der Waals surface area contributed by atoms with Gasteiger partial charge in [-0.25, -0.2) is 0 Å². The summed E-state index contributed by atoms with van der Waals surface area (Å²) in [6, 6.07) is 7.68. The molecule has 1 fully saturated rings. The van der Waals surface area contributed by atoms with Crippen molar-refractivity contribution in [2.75, 3.05) is 46.4 Å². The fourth-order valence-electron chi connectivity index (χ4n) is 2.63. The molecule has 1 N–H and O–H groups in total. The molecule has 5 heteroatoms. The van der Waals surface area contributed by atoms with Crippen molar-refractivity contribution in [1.29, 1.82) is 0 Å². The number of piperazine rings is 1. The van der Waals surface area contributed by atoms with E-state index in [1.165, 1.54) is 0 Å². The van der Waals surface area contributed by atoms with E-state index in [0.29, 0.717) is 24.8 Å². The van der Waals surface area contributed by atoms with E-state index in [0.717, 1.165) is 31.9 Å². The largest absolute Gasteiger partial charge is 0.494 e. The molecule has 1 amide bonds. The molecule has 0 radical (unpaired) electrons. The third-order valence-corrected chi connectivity index (χ3v) is 4.13. The molecule has 1 atom stereocenters. The summed E-state index contributed by atoms with van der Waals surface area (Å²) in [5.74, 6) is 0.699. The number of hydrogen-bond acceptors (Lipinski definition) is 4. The Balaban J connectivity index is 1.83. The van der Waals surface area contributed by atoms with E-state index in [1.807, 2.05) is 25.1 Å². The van der Waals surface area contributed by atoms with Crippen LogP contribution in [0.15, 0.2) is 24.3 Å². The molecule has 1 aliphatic heterocycles. The number of likely N-dealkylation sites (N-methyl/N-ethyl adjacent to an activating group) is 1. The fraction of sp³-hybridized carbons (Fsp3) is 0.588. The normalized spacial score (nSPS) is 18.0. The molecule has 0 saturated carbocycles. The van der Waals surface area contributed by atoms with Crippen molar-refractivity contribution in [2.24, 2.45) is 0 Å². The van der Waals surface area contributed by atoms with Gasteiger partial charge in [0.2, 0.25) is 0 Å². The first-order chi connectivity index (χ1) is 10.6. The first kappa shape index (κ1) is 16.8. The van der Waals surface area contributed by atoms with Gasteiger partial charge >= 0.3 is 0 Å². The molecule has 5 nitrogen and oxygen atoms in total. The van der Waals surface area contributed by atoms with E-state index in [4.69, 9.17) is 4.74 Å². The molecule has 1 aliphatic rings. The lowest BCUT2D eigenvalue weighted by Gasteiger charge is -2.36. The van der Waals surface area contributed by atoms with Crippen LogP contribution >= 0.6 is 0 Å². The predicted octanol–water partition coefficient (Wildman–Crippen LogP) is 1.45. The molecule has 0 aromatic heterocycles. The summed E-state index contributed by atoms with van der Waals surface area (Å²) < 4.78 is 5.43. The average Bonchev–Trinajstić information content (AvgIpc) is 2.53. The van der Waals surface area contributed by atoms with Gasteiger partial charge in [-0.3, -0.25) is 9.69 Å². The van der Waals surface area contributed by atoms with Crippen molar-refractivity contribution in [3.63, 3.8) is 0 Å². The van der Waals surface area contributed by atoms with Crippen LogP contribution in [0, 0.1) is 0 Å². The predicted molar refractivity (Wildman–Crippen MR) is 88.5 cm³/mol. The molecule has 1 aromatic carbocycles. The Morgan fingerprint density at radius 1 is 1.32 bits per heavy atom. The van der Waals surface area contributed by atoms with Crippen LogP contribution in [-0.2, 0) is 0 Å². The zero-order valence-corrected chi connectivity index (χ0v) is 13.8. The molecular weight excluding hydrogens is 278 g/mol. The Kier molecular flexibility index (Phi) is 6.21. The number of rotatable bonds is 6. The highest BCUT2D eigenvalue weighted by Gasteiger charge is 2.19. The summed E-state index contributed by atoms with van der Waals surface area (Å²) in [5.41, 5.74) is 0.650. The van der Waals surface area contributed by atoms with Gasteiger partial charge in [0, 0.05) is 44.3 Å². The number of nitrogens with one attached hydrogen (secondary N) is 1. The summed E-state index contributed by atoms with van der Waals surface area (Å²) in [4.78, 5) is 17.0. The van der Waals surface area contributed by atoms with Crippen molar-refractivity contribution in [2.45, 2.75) is 19.9 Å². The van der Waals surface area contributed by atoms with E-state index in [2.05, 4.69) is 29.1 Å². The van der Waals surface area contributed by atoms with Crippen LogP contribution in [0.5, 0.6) is 5.75 Å². The van der Waals surface area contributed by atoms with E-state index >= 15 is 0 Å². The molecule has 1 heterocycles. The lowest BCUT2D eigenvalue weighted by molar-refractivity contribution is 0.0903. The van der Waals surface area contributed by atoms with Crippen molar-refractivity contribution >= 4 is 5.91 Å². The molecule has 22 heavy (non-hydrogen) atoms. The Hall–Kier alpha value is -1.59. The Morgan fingerprint density at radius 2 is 2.05 bits per heavy atom. The fourth-order valence-corrected chi connectivity index (χ4v) is 2.63. The lowest BCUT2D eigenvalue weighted by Crippen LogP contribution is -2.51. The van der Waals surface area contributed by atoms with E-state index in [1.54, 1.807) is 6.07 Å². The number of carbonyl (C=O) groups is 1. The molecule has 0 spiro atoms. The maximum atomic E-state index is 12.2. The summed E-state index contributed by atoms with van der Waals surface area (Å²) in [6.07, 6.45) is 0. The molecule has 0 unspecified atom stereocenters. The van der Waals surface area contributed by atoms with Crippen LogP contribution in [0.1, 0.15) is 24.2 Å². The smallest absolute Gasteiger partial charge is 0.251 e. The van der Waals surface area contributed by atoms with Gasteiger partial charge in [-0.15, -0.1) is 0 Å². The molecule has 122 valence electrons. The molecule has 1 saturated heterocycles. The highest BCUT2D eigenvalue weighted by Crippen LogP contribution is 2.13. The SMILES string of the molecule is CCOc1cccc(C(=O)NC[C@H](C)N2CCN(C)CC2)c1. The number of hydrogen-bond donors (Lipinski definition) is 1. The van der Waals surface area contributed by atoms with Crippen LogP contribution in [0.3, 0.4) is 0 Å². The summed E-state index contributed by atoms with van der Waals surface area (Å²) >= 11 is 0. The highest BCUT2D eigenvalue weighted by molar-refractivity contribution is 5.94. The first-order valence-electron chi connectivity index (χ1n) is 8.03. The second-order valence-corrected chi connectivity index (χ2v) is 5.86. The summed E-state index contributed by atoms with van der Waals surface area (Å²) in [5, 5.41) is 3.03. The number of benzene rings is 1. The molecule has 2 rings (SSSR count). The minimum atomic E-state index is -0.0393. The third kappa shape index (κ3) is 4.71. The van der Waals surface area contributed by atoms with Gasteiger partial charge < -0.3 is 15.0 Å². The monoisotopic (exact) mass is 305 g/mol. The minimum absolute atomic E-state index is 0.0393. The standard InChI is InChI=1S/C17H27N3O2/c1-4-22-16-7-5-6-15(12-16)17(21)18-13-14(2)20-10-8-19(3)9-11-20/h5-7,12,14H,4,8-11,13H2,1-3H3,(H,18,21)/t14-/m0/s1. The highest BCUT2D eigenvalue weighted by atomic mass is 16.5. The van der Waals surface area contributed by atoms with E-state index in [9.17, 15) is 4.79 Å². The van der Waals surface area contributed by atoms with E-state index in [-0.39, 0.29) is 5.91 Å². The average molecular weight is 305 g/mol. The maximum absolute atomic E-state index is 12.2. The topological polar surface area (TPSA) is 44.8 Å². The molecule has 0 bridgehead atoms. The Morgan fingerprint density at radius 3 is 2.73 bits per heavy atom. The van der Waals surface area contributed by atoms with Crippen molar-refractivity contribution in [1.82, 2.24) is 15.1 Å². The number of amides is 1. The number of ether oxygens (including phenoxy) is 1. The quantitative estimate of drug-likeness (QED) is 0.864. The number of nitrogens with zero attached hydrogens (tertiary/aromatic N) is 2. The van der Waals surface area contributed by atoms with Gasteiger partial charge in [0.1, 0.15) is 5.75 Å². The third-order valence-electron chi connectivity index (χ3n) is 4.13. The van der Waals surface area contributed by atoms with Crippen LogP contribution in [-0.4, -0.2) is 68.1 Å². The Bertz CT molecular complexity index is 485. The van der Waals surface area contributed by atoms with Crippen LogP contribution in [0.4, 0.5) is 0 Å². The zero-order chi connectivity index (χ0) is 15.9. The van der Waals surface area contributed by atoms with Gasteiger partial charge in [0.05, 0.1) is 6.61 Å². The second kappa shape index (κ2) is 8.15. The Labute approximate surface area is 133 Å². The maximum Gasteiger partial charge on any atom is 0.251 e. The zero-order valence-electron chi connectivity index (χ0n) is 13.8. The van der Waals surface area contributed by atoms with Gasteiger partial charge in [-0.05, 0) is 39.1 Å². The number of carbonyl (C=O) groups excluding carboxylic acids is 1. The minimum Gasteiger partial charge on any atom is -0.494 e. The molecule has 0 aliphatic carbocycles. The molecule has 1 aromatic rings. The van der Waals surface area contributed by atoms with Gasteiger partial charge in [0.25, 0.3) is 5.91 Å². The van der Waals surface area contributed by atoms with E-state index < -0.39 is 0 Å². The summed E-state index contributed by atoms with van der Waals surface area (Å²) in [7, 11) is 2.15. The van der Waals surface area contributed by atoms with Crippen LogP contribution in [0.2, 0.25) is 0 Å².